The first-order valence-corrected chi connectivity index (χ1v) is 12.2. The van der Waals surface area contributed by atoms with E-state index in [4.69, 9.17) is 11.6 Å². The predicted octanol–water partition coefficient (Wildman–Crippen LogP) is 2.29. The Balaban J connectivity index is 1.45. The maximum absolute atomic E-state index is 15.4. The Hall–Kier alpha value is -2.24. The zero-order valence-corrected chi connectivity index (χ0v) is 20.4. The number of halogens is 2. The van der Waals surface area contributed by atoms with Gasteiger partial charge in [0.15, 0.2) is 11.6 Å². The first kappa shape index (κ1) is 24.9. The summed E-state index contributed by atoms with van der Waals surface area (Å²) in [5, 5.41) is 9.97. The third-order valence-corrected chi connectivity index (χ3v) is 7.69. The molecular formula is C22H33ClFN7O3. The van der Waals surface area contributed by atoms with Gasteiger partial charge < -0.3 is 9.80 Å². The molecule has 2 heterocycles. The van der Waals surface area contributed by atoms with Crippen LogP contribution in [0.15, 0.2) is 0 Å². The Labute approximate surface area is 203 Å². The molecule has 10 nitrogen and oxygen atoms in total. The minimum atomic E-state index is -0.691. The monoisotopic (exact) mass is 497 g/mol. The van der Waals surface area contributed by atoms with Gasteiger partial charge in [0.2, 0.25) is 23.4 Å². The lowest BCUT2D eigenvalue weighted by Crippen LogP contribution is -2.41. The van der Waals surface area contributed by atoms with Crippen LogP contribution in [0.25, 0.3) is 0 Å². The van der Waals surface area contributed by atoms with Gasteiger partial charge in [0, 0.05) is 24.5 Å². The molecule has 2 saturated carbocycles. The van der Waals surface area contributed by atoms with Crippen LogP contribution in [0, 0.1) is 23.1 Å². The van der Waals surface area contributed by atoms with Crippen molar-refractivity contribution in [2.24, 2.45) is 17.3 Å². The number of hydrazine groups is 1. The maximum atomic E-state index is 15.4. The van der Waals surface area contributed by atoms with Crippen molar-refractivity contribution in [2.45, 2.75) is 51.0 Å². The second-order valence-corrected chi connectivity index (χ2v) is 10.5. The van der Waals surface area contributed by atoms with Gasteiger partial charge in [-0.3, -0.25) is 25.6 Å². The van der Waals surface area contributed by atoms with Crippen LogP contribution in [0.2, 0.25) is 5.28 Å². The molecule has 4 rings (SSSR count). The van der Waals surface area contributed by atoms with E-state index in [1.54, 1.807) is 0 Å². The third-order valence-electron chi connectivity index (χ3n) is 7.52. The number of hydrogen-bond donors (Lipinski definition) is 3. The van der Waals surface area contributed by atoms with E-state index in [0.29, 0.717) is 36.5 Å². The number of carbonyl (C=O) groups excluding carboxylic acids is 2. The lowest BCUT2D eigenvalue weighted by molar-refractivity contribution is -0.154. The summed E-state index contributed by atoms with van der Waals surface area (Å²) in [4.78, 5) is 35.9. The van der Waals surface area contributed by atoms with Crippen molar-refractivity contribution in [3.63, 3.8) is 0 Å². The van der Waals surface area contributed by atoms with Crippen molar-refractivity contribution in [1.82, 2.24) is 25.4 Å². The molecule has 0 bridgehead atoms. The van der Waals surface area contributed by atoms with Gasteiger partial charge in [0.25, 0.3) is 0 Å². The number of amides is 2. The van der Waals surface area contributed by atoms with Gasteiger partial charge in [-0.05, 0) is 50.9 Å². The second-order valence-electron chi connectivity index (χ2n) is 10.1. The molecule has 1 saturated heterocycles. The number of rotatable bonds is 10. The van der Waals surface area contributed by atoms with Crippen molar-refractivity contribution in [3.8, 4) is 0 Å². The van der Waals surface area contributed by atoms with Crippen molar-refractivity contribution in [3.05, 3.63) is 11.1 Å². The largest absolute Gasteiger partial charge is 0.352 e. The zero-order valence-electron chi connectivity index (χ0n) is 19.6. The Bertz CT molecular complexity index is 911. The summed E-state index contributed by atoms with van der Waals surface area (Å²) in [6.07, 6.45) is 7.21. The van der Waals surface area contributed by atoms with Crippen LogP contribution in [0.1, 0.15) is 44.9 Å². The molecule has 0 radical (unpaired) electrons. The molecule has 3 fully saturated rings. The Morgan fingerprint density at radius 2 is 2.06 bits per heavy atom. The molecule has 2 atom stereocenters. The summed E-state index contributed by atoms with van der Waals surface area (Å²) in [6.45, 7) is 1.17. The minimum Gasteiger partial charge on any atom is -0.352 e. The molecule has 3 aliphatic rings. The summed E-state index contributed by atoms with van der Waals surface area (Å²) in [6, 6.07) is 0.298. The number of carbonyl (C=O) groups is 2. The summed E-state index contributed by atoms with van der Waals surface area (Å²) >= 11 is 6.11. The van der Waals surface area contributed by atoms with E-state index in [1.807, 2.05) is 19.0 Å². The minimum absolute atomic E-state index is 0.109. The highest BCUT2D eigenvalue weighted by molar-refractivity contribution is 6.28. The van der Waals surface area contributed by atoms with Gasteiger partial charge in [0.1, 0.15) is 0 Å². The molecule has 34 heavy (non-hydrogen) atoms. The normalized spacial score (nSPS) is 22.3. The molecule has 12 heteroatoms. The Morgan fingerprint density at radius 1 is 1.35 bits per heavy atom. The third kappa shape index (κ3) is 5.36. The van der Waals surface area contributed by atoms with E-state index in [2.05, 4.69) is 25.7 Å². The van der Waals surface area contributed by atoms with Crippen LogP contribution in [0.4, 0.5) is 16.0 Å². The highest BCUT2D eigenvalue weighted by atomic mass is 35.5. The maximum Gasteiger partial charge on any atom is 0.243 e. The summed E-state index contributed by atoms with van der Waals surface area (Å²) < 4.78 is 15.4. The van der Waals surface area contributed by atoms with E-state index in [-0.39, 0.29) is 35.3 Å². The first-order chi connectivity index (χ1) is 16.2. The van der Waals surface area contributed by atoms with Crippen LogP contribution in [0.3, 0.4) is 0 Å². The smallest absolute Gasteiger partial charge is 0.243 e. The van der Waals surface area contributed by atoms with Crippen molar-refractivity contribution in [1.29, 1.82) is 0 Å². The standard InChI is InChI=1S/C22H33ClFN7O3/c1-29(2)16-11-30(12-22(16)7-8-22)19-17(24)18(25-21(23)26-19)27-28-20(33)15(10-31(34)13-32)9-14-5-3-4-6-14/h13-16,34H,3-12H2,1-2H3,(H,28,33)(H,25,26,27)/t15-,16?/m0/s1. The molecule has 0 aromatic carbocycles. The van der Waals surface area contributed by atoms with Gasteiger partial charge in [-0.2, -0.15) is 14.4 Å². The lowest BCUT2D eigenvalue weighted by Gasteiger charge is -2.24. The molecule has 1 aromatic rings. The molecule has 3 N–H and O–H groups in total. The lowest BCUT2D eigenvalue weighted by atomic mass is 9.92. The van der Waals surface area contributed by atoms with Crippen molar-refractivity contribution >= 4 is 35.6 Å². The van der Waals surface area contributed by atoms with Crippen LogP contribution in [0.5, 0.6) is 0 Å². The number of nitrogens with zero attached hydrogens (tertiary/aromatic N) is 5. The van der Waals surface area contributed by atoms with Crippen LogP contribution >= 0.6 is 11.6 Å². The molecule has 2 aliphatic carbocycles. The molecule has 1 spiro atoms. The van der Waals surface area contributed by atoms with Crippen LogP contribution < -0.4 is 15.8 Å². The average molecular weight is 498 g/mol. The quantitative estimate of drug-likeness (QED) is 0.195. The highest BCUT2D eigenvalue weighted by Gasteiger charge is 2.56. The highest BCUT2D eigenvalue weighted by Crippen LogP contribution is 2.55. The van der Waals surface area contributed by atoms with E-state index >= 15 is 4.39 Å². The van der Waals surface area contributed by atoms with Gasteiger partial charge in [-0.15, -0.1) is 0 Å². The number of aromatic nitrogens is 2. The fraction of sp³-hybridized carbons (Fsp3) is 0.727. The van der Waals surface area contributed by atoms with Crippen molar-refractivity contribution < 1.29 is 19.2 Å². The fourth-order valence-electron chi connectivity index (χ4n) is 5.58. The second kappa shape index (κ2) is 10.2. The number of likely N-dealkylation sites (N-methyl/N-ethyl adjacent to an activating group) is 1. The number of hydroxylamine groups is 2. The predicted molar refractivity (Wildman–Crippen MR) is 125 cm³/mol. The zero-order chi connectivity index (χ0) is 24.5. The molecule has 1 aliphatic heterocycles. The van der Waals surface area contributed by atoms with Gasteiger partial charge in [-0.25, -0.2) is 5.06 Å². The van der Waals surface area contributed by atoms with Crippen LogP contribution in [-0.2, 0) is 9.59 Å². The van der Waals surface area contributed by atoms with Gasteiger partial charge >= 0.3 is 0 Å². The average Bonchev–Trinajstić information content (AvgIpc) is 3.19. The molecule has 1 unspecified atom stereocenters. The summed E-state index contributed by atoms with van der Waals surface area (Å²) in [5.41, 5.74) is 5.18. The summed E-state index contributed by atoms with van der Waals surface area (Å²) in [7, 11) is 4.06. The Morgan fingerprint density at radius 3 is 2.65 bits per heavy atom. The van der Waals surface area contributed by atoms with E-state index < -0.39 is 17.6 Å². The molecule has 2 amide bonds. The number of hydrogen-bond acceptors (Lipinski definition) is 8. The van der Waals surface area contributed by atoms with E-state index in [9.17, 15) is 14.8 Å². The molecule has 188 valence electrons. The molecular weight excluding hydrogens is 465 g/mol. The van der Waals surface area contributed by atoms with Gasteiger partial charge in [-0.1, -0.05) is 25.7 Å². The Kier molecular flexibility index (Phi) is 7.44. The van der Waals surface area contributed by atoms with E-state index in [1.165, 1.54) is 0 Å². The van der Waals surface area contributed by atoms with Crippen LogP contribution in [-0.4, -0.2) is 77.2 Å². The topological polar surface area (TPSA) is 114 Å². The van der Waals surface area contributed by atoms with E-state index in [0.717, 1.165) is 38.5 Å². The van der Waals surface area contributed by atoms with Crippen molar-refractivity contribution in [2.75, 3.05) is 44.1 Å². The molecule has 1 aromatic heterocycles. The fourth-order valence-corrected chi connectivity index (χ4v) is 5.75. The first-order valence-electron chi connectivity index (χ1n) is 11.8. The summed E-state index contributed by atoms with van der Waals surface area (Å²) in [5.74, 6) is -1.57. The SMILES string of the molecule is CN(C)C1CN(c2nc(Cl)nc(NNC(=O)[C@@H](CC3CCCC3)CN(O)C=O)c2F)CC12CC2. The number of nitrogens with one attached hydrogen (secondary N) is 2. The number of anilines is 2. The van der Waals surface area contributed by atoms with Gasteiger partial charge in [0.05, 0.1) is 12.5 Å².